The molecule has 0 bridgehead atoms. The van der Waals surface area contributed by atoms with E-state index in [0.29, 0.717) is 18.5 Å². The van der Waals surface area contributed by atoms with Crippen LogP contribution in [0.5, 0.6) is 0 Å². The summed E-state index contributed by atoms with van der Waals surface area (Å²) in [6.45, 7) is 6.99. The molecular formula is C16H25FN2. The molecule has 1 heterocycles. The minimum Gasteiger partial charge on any atom is -0.329 e. The molecule has 0 aliphatic carbocycles. The lowest BCUT2D eigenvalue weighted by Crippen LogP contribution is -2.46. The second-order valence-corrected chi connectivity index (χ2v) is 5.70. The molecule has 1 fully saturated rings. The van der Waals surface area contributed by atoms with Crippen LogP contribution in [0.1, 0.15) is 43.2 Å². The van der Waals surface area contributed by atoms with Crippen molar-refractivity contribution in [3.8, 4) is 0 Å². The minimum atomic E-state index is -0.127. The summed E-state index contributed by atoms with van der Waals surface area (Å²) in [5, 5.41) is 0. The van der Waals surface area contributed by atoms with Crippen molar-refractivity contribution in [1.82, 2.24) is 4.90 Å². The number of nitrogens with zero attached hydrogens (tertiary/aromatic N) is 1. The average molecular weight is 264 g/mol. The summed E-state index contributed by atoms with van der Waals surface area (Å²) in [7, 11) is 0. The summed E-state index contributed by atoms with van der Waals surface area (Å²) in [6.07, 6.45) is 3.87. The molecule has 2 N–H and O–H groups in total. The third-order valence-electron chi connectivity index (χ3n) is 4.39. The zero-order chi connectivity index (χ0) is 13.8. The van der Waals surface area contributed by atoms with Gasteiger partial charge in [0.15, 0.2) is 0 Å². The number of nitrogens with two attached hydrogens (primary N) is 1. The summed E-state index contributed by atoms with van der Waals surface area (Å²) in [6, 6.07) is 5.81. The molecule has 0 spiro atoms. The summed E-state index contributed by atoms with van der Waals surface area (Å²) in [4.78, 5) is 2.51. The number of likely N-dealkylation sites (tertiary alicyclic amines) is 1. The highest BCUT2D eigenvalue weighted by atomic mass is 19.1. The van der Waals surface area contributed by atoms with Gasteiger partial charge in [-0.15, -0.1) is 0 Å². The molecule has 2 nitrogen and oxygen atoms in total. The van der Waals surface area contributed by atoms with Crippen LogP contribution in [0.2, 0.25) is 0 Å². The quantitative estimate of drug-likeness (QED) is 0.905. The number of piperidine rings is 1. The Morgan fingerprint density at radius 2 is 1.95 bits per heavy atom. The van der Waals surface area contributed by atoms with Gasteiger partial charge in [0.2, 0.25) is 0 Å². The summed E-state index contributed by atoms with van der Waals surface area (Å²) < 4.78 is 13.4. The standard InChI is InChI=1S/C16H25FN2/c1-12-10-14(6-7-15(12)17)13(2)16(11-18)19-8-4-3-5-9-19/h6-7,10,13,16H,3-5,8-9,11,18H2,1-2H3. The van der Waals surface area contributed by atoms with Gasteiger partial charge < -0.3 is 5.73 Å². The molecule has 1 saturated heterocycles. The highest BCUT2D eigenvalue weighted by molar-refractivity contribution is 5.27. The fourth-order valence-electron chi connectivity index (χ4n) is 3.09. The molecule has 0 radical (unpaired) electrons. The van der Waals surface area contributed by atoms with E-state index in [9.17, 15) is 4.39 Å². The van der Waals surface area contributed by atoms with E-state index in [1.54, 1.807) is 6.07 Å². The smallest absolute Gasteiger partial charge is 0.126 e. The van der Waals surface area contributed by atoms with Crippen molar-refractivity contribution >= 4 is 0 Å². The average Bonchev–Trinajstić information content (AvgIpc) is 2.44. The van der Waals surface area contributed by atoms with E-state index < -0.39 is 0 Å². The van der Waals surface area contributed by atoms with E-state index in [1.165, 1.54) is 24.8 Å². The van der Waals surface area contributed by atoms with Gasteiger partial charge in [-0.25, -0.2) is 4.39 Å². The number of halogens is 1. The van der Waals surface area contributed by atoms with Crippen molar-refractivity contribution in [3.05, 3.63) is 35.1 Å². The van der Waals surface area contributed by atoms with Crippen LogP contribution in [0.15, 0.2) is 18.2 Å². The third kappa shape index (κ3) is 3.34. The summed E-state index contributed by atoms with van der Waals surface area (Å²) in [5.41, 5.74) is 7.91. The van der Waals surface area contributed by atoms with Crippen LogP contribution in [0.3, 0.4) is 0 Å². The highest BCUT2D eigenvalue weighted by Gasteiger charge is 2.25. The summed E-state index contributed by atoms with van der Waals surface area (Å²) in [5.74, 6) is 0.223. The van der Waals surface area contributed by atoms with Gasteiger partial charge >= 0.3 is 0 Å². The highest BCUT2D eigenvalue weighted by Crippen LogP contribution is 2.26. The zero-order valence-corrected chi connectivity index (χ0v) is 12.0. The Labute approximate surface area is 115 Å². The fraction of sp³-hybridized carbons (Fsp3) is 0.625. The lowest BCUT2D eigenvalue weighted by molar-refractivity contribution is 0.149. The SMILES string of the molecule is Cc1cc(C(C)C(CN)N2CCCCC2)ccc1F. The van der Waals surface area contributed by atoms with Crippen molar-refractivity contribution < 1.29 is 4.39 Å². The van der Waals surface area contributed by atoms with Gasteiger partial charge in [-0.3, -0.25) is 4.90 Å². The Morgan fingerprint density at radius 1 is 1.26 bits per heavy atom. The van der Waals surface area contributed by atoms with E-state index in [-0.39, 0.29) is 5.82 Å². The minimum absolute atomic E-state index is 0.127. The first kappa shape index (κ1) is 14.5. The maximum atomic E-state index is 13.4. The lowest BCUT2D eigenvalue weighted by Gasteiger charge is -2.37. The second kappa shape index (κ2) is 6.49. The largest absolute Gasteiger partial charge is 0.329 e. The topological polar surface area (TPSA) is 29.3 Å². The Bertz CT molecular complexity index is 413. The Morgan fingerprint density at radius 3 is 2.53 bits per heavy atom. The van der Waals surface area contributed by atoms with Crippen molar-refractivity contribution in [2.75, 3.05) is 19.6 Å². The third-order valence-corrected chi connectivity index (χ3v) is 4.39. The van der Waals surface area contributed by atoms with E-state index >= 15 is 0 Å². The molecule has 1 aromatic rings. The molecule has 19 heavy (non-hydrogen) atoms. The van der Waals surface area contributed by atoms with E-state index in [4.69, 9.17) is 5.73 Å². The van der Waals surface area contributed by atoms with Crippen LogP contribution in [-0.4, -0.2) is 30.6 Å². The normalized spacial score (nSPS) is 20.2. The first-order valence-corrected chi connectivity index (χ1v) is 7.33. The molecule has 2 unspecified atom stereocenters. The monoisotopic (exact) mass is 264 g/mol. The molecule has 0 aromatic heterocycles. The Balaban J connectivity index is 2.14. The van der Waals surface area contributed by atoms with Crippen LogP contribution >= 0.6 is 0 Å². The molecule has 0 amide bonds. The van der Waals surface area contributed by atoms with Crippen molar-refractivity contribution in [2.45, 2.75) is 45.1 Å². The molecule has 1 aliphatic heterocycles. The van der Waals surface area contributed by atoms with E-state index in [1.807, 2.05) is 19.1 Å². The van der Waals surface area contributed by atoms with Gasteiger partial charge in [-0.05, 0) is 56.0 Å². The predicted molar refractivity (Wildman–Crippen MR) is 77.8 cm³/mol. The van der Waals surface area contributed by atoms with Crippen LogP contribution < -0.4 is 5.73 Å². The molecule has 1 aromatic carbocycles. The zero-order valence-electron chi connectivity index (χ0n) is 12.0. The molecule has 106 valence electrons. The van der Waals surface area contributed by atoms with Gasteiger partial charge in [-0.2, -0.15) is 0 Å². The first-order chi connectivity index (χ1) is 9.13. The molecule has 3 heteroatoms. The van der Waals surface area contributed by atoms with Crippen LogP contribution in [0, 0.1) is 12.7 Å². The van der Waals surface area contributed by atoms with Gasteiger partial charge in [0.05, 0.1) is 0 Å². The number of hydrogen-bond acceptors (Lipinski definition) is 2. The first-order valence-electron chi connectivity index (χ1n) is 7.33. The van der Waals surface area contributed by atoms with Gasteiger partial charge in [0.1, 0.15) is 5.82 Å². The van der Waals surface area contributed by atoms with E-state index in [2.05, 4.69) is 11.8 Å². The van der Waals surface area contributed by atoms with E-state index in [0.717, 1.165) is 18.7 Å². The fourth-order valence-corrected chi connectivity index (χ4v) is 3.09. The van der Waals surface area contributed by atoms with Crippen LogP contribution in [0.4, 0.5) is 4.39 Å². The number of benzene rings is 1. The van der Waals surface area contributed by atoms with Gasteiger partial charge in [0.25, 0.3) is 0 Å². The molecular weight excluding hydrogens is 239 g/mol. The number of aryl methyl sites for hydroxylation is 1. The number of hydrogen-bond donors (Lipinski definition) is 1. The van der Waals surface area contributed by atoms with Gasteiger partial charge in [-0.1, -0.05) is 25.5 Å². The molecule has 1 aliphatic rings. The molecule has 2 rings (SSSR count). The maximum Gasteiger partial charge on any atom is 0.126 e. The Hall–Kier alpha value is -0.930. The predicted octanol–water partition coefficient (Wildman–Crippen LogP) is 3.05. The van der Waals surface area contributed by atoms with Crippen LogP contribution in [0.25, 0.3) is 0 Å². The summed E-state index contributed by atoms with van der Waals surface area (Å²) >= 11 is 0. The maximum absolute atomic E-state index is 13.4. The van der Waals surface area contributed by atoms with Crippen molar-refractivity contribution in [2.24, 2.45) is 5.73 Å². The lowest BCUT2D eigenvalue weighted by atomic mass is 9.90. The molecule has 2 atom stereocenters. The van der Waals surface area contributed by atoms with Crippen LogP contribution in [-0.2, 0) is 0 Å². The Kier molecular flexibility index (Phi) is 4.94. The number of rotatable bonds is 4. The second-order valence-electron chi connectivity index (χ2n) is 5.70. The van der Waals surface area contributed by atoms with Crippen molar-refractivity contribution in [3.63, 3.8) is 0 Å². The van der Waals surface area contributed by atoms with Crippen molar-refractivity contribution in [1.29, 1.82) is 0 Å². The van der Waals surface area contributed by atoms with Gasteiger partial charge in [0, 0.05) is 12.6 Å². The molecule has 0 saturated carbocycles.